The van der Waals surface area contributed by atoms with Crippen LogP contribution in [0.25, 0.3) is 0 Å². The van der Waals surface area contributed by atoms with Gasteiger partial charge in [0.1, 0.15) is 5.44 Å². The minimum Gasteiger partial charge on any atom is -0.411 e. The molecule has 0 aliphatic heterocycles. The molecule has 156 valence electrons. The number of thioether (sulfide) groups is 1. The summed E-state index contributed by atoms with van der Waals surface area (Å²) in [6.45, 7) is 27.4. The van der Waals surface area contributed by atoms with Crippen molar-refractivity contribution in [3.8, 4) is 0 Å². The smallest absolute Gasteiger partial charge is 0.193 e. The standard InChI is InChI=1S/C22H42O2SSi2/c1-17-13-15-19(16-14-17)25-20(24-27(11,12)22(6,7)8)18(2)23-26(9,10)21(3,4)5/h13-16,18,20H,1-12H3/t18-,20-/m1/s1. The van der Waals surface area contributed by atoms with Gasteiger partial charge in [0, 0.05) is 4.90 Å². The van der Waals surface area contributed by atoms with Crippen LogP contribution in [-0.4, -0.2) is 28.2 Å². The van der Waals surface area contributed by atoms with Crippen LogP contribution in [0.5, 0.6) is 0 Å². The van der Waals surface area contributed by atoms with Crippen LogP contribution in [0.15, 0.2) is 29.2 Å². The summed E-state index contributed by atoms with van der Waals surface area (Å²) in [6, 6.07) is 8.73. The number of hydrogen-bond acceptors (Lipinski definition) is 3. The van der Waals surface area contributed by atoms with Gasteiger partial charge in [0.05, 0.1) is 6.10 Å². The second-order valence-corrected chi connectivity index (χ2v) is 21.4. The summed E-state index contributed by atoms with van der Waals surface area (Å²) in [4.78, 5) is 1.25. The lowest BCUT2D eigenvalue weighted by Gasteiger charge is -2.44. The molecule has 1 rings (SSSR count). The quantitative estimate of drug-likeness (QED) is 0.251. The average molecular weight is 427 g/mol. The highest BCUT2D eigenvalue weighted by Gasteiger charge is 2.43. The fraction of sp³-hybridized carbons (Fsp3) is 0.727. The number of benzene rings is 1. The Hall–Kier alpha value is -0.0762. The van der Waals surface area contributed by atoms with Crippen LogP contribution in [0, 0.1) is 6.92 Å². The van der Waals surface area contributed by atoms with Crippen molar-refractivity contribution in [3.05, 3.63) is 29.8 Å². The Morgan fingerprint density at radius 1 is 0.778 bits per heavy atom. The zero-order chi connectivity index (χ0) is 21.3. The van der Waals surface area contributed by atoms with Gasteiger partial charge in [-0.15, -0.1) is 0 Å². The SMILES string of the molecule is Cc1ccc(S[C@@H](O[Si](C)(C)C(C)(C)C)[C@@H](C)O[Si](C)(C)C(C)(C)C)cc1. The third-order valence-electron chi connectivity index (χ3n) is 6.16. The first kappa shape index (κ1) is 25.0. The highest BCUT2D eigenvalue weighted by molar-refractivity contribution is 7.99. The molecular weight excluding hydrogens is 384 g/mol. The summed E-state index contributed by atoms with van der Waals surface area (Å²) in [5.74, 6) is 0. The van der Waals surface area contributed by atoms with E-state index in [1.54, 1.807) is 0 Å². The van der Waals surface area contributed by atoms with Crippen molar-refractivity contribution in [3.63, 3.8) is 0 Å². The van der Waals surface area contributed by atoms with Crippen molar-refractivity contribution in [2.75, 3.05) is 0 Å². The van der Waals surface area contributed by atoms with E-state index >= 15 is 0 Å². The van der Waals surface area contributed by atoms with Crippen LogP contribution in [0.1, 0.15) is 54.0 Å². The van der Waals surface area contributed by atoms with E-state index < -0.39 is 16.6 Å². The van der Waals surface area contributed by atoms with E-state index in [1.807, 2.05) is 11.8 Å². The summed E-state index contributed by atoms with van der Waals surface area (Å²) < 4.78 is 13.6. The molecule has 0 amide bonds. The topological polar surface area (TPSA) is 18.5 Å². The maximum absolute atomic E-state index is 6.86. The molecule has 0 saturated carbocycles. The monoisotopic (exact) mass is 426 g/mol. The largest absolute Gasteiger partial charge is 0.411 e. The molecule has 1 aromatic rings. The molecule has 0 aliphatic rings. The molecule has 2 nitrogen and oxygen atoms in total. The minimum atomic E-state index is -1.90. The van der Waals surface area contributed by atoms with Gasteiger partial charge in [0.2, 0.25) is 0 Å². The summed E-state index contributed by atoms with van der Waals surface area (Å²) in [5.41, 5.74) is 1.29. The van der Waals surface area contributed by atoms with Crippen molar-refractivity contribution < 1.29 is 8.85 Å². The van der Waals surface area contributed by atoms with E-state index in [4.69, 9.17) is 8.85 Å². The Balaban J connectivity index is 3.11. The highest BCUT2D eigenvalue weighted by Crippen LogP contribution is 2.43. The molecule has 2 atom stereocenters. The van der Waals surface area contributed by atoms with Gasteiger partial charge in [-0.05, 0) is 62.2 Å². The first-order valence-corrected chi connectivity index (χ1v) is 16.7. The van der Waals surface area contributed by atoms with E-state index in [1.165, 1.54) is 10.5 Å². The first-order chi connectivity index (χ1) is 12.0. The lowest BCUT2D eigenvalue weighted by molar-refractivity contribution is 0.0999. The van der Waals surface area contributed by atoms with Gasteiger partial charge in [-0.25, -0.2) is 0 Å². The number of aryl methyl sites for hydroxylation is 1. The van der Waals surface area contributed by atoms with Gasteiger partial charge in [-0.3, -0.25) is 0 Å². The summed E-state index contributed by atoms with van der Waals surface area (Å²) >= 11 is 1.81. The van der Waals surface area contributed by atoms with Crippen molar-refractivity contribution in [1.29, 1.82) is 0 Å². The van der Waals surface area contributed by atoms with Gasteiger partial charge >= 0.3 is 0 Å². The molecule has 0 saturated heterocycles. The highest BCUT2D eigenvalue weighted by atomic mass is 32.2. The molecule has 0 fully saturated rings. The summed E-state index contributed by atoms with van der Waals surface area (Å²) in [5, 5.41) is 0.368. The minimum absolute atomic E-state index is 0.00252. The predicted octanol–water partition coefficient (Wildman–Crippen LogP) is 7.85. The Bertz CT molecular complexity index is 598. The summed E-state index contributed by atoms with van der Waals surface area (Å²) in [7, 11) is -3.76. The van der Waals surface area contributed by atoms with Crippen molar-refractivity contribution in [1.82, 2.24) is 0 Å². The maximum atomic E-state index is 6.86. The van der Waals surface area contributed by atoms with Crippen LogP contribution in [0.3, 0.4) is 0 Å². The van der Waals surface area contributed by atoms with E-state index in [-0.39, 0.29) is 21.6 Å². The first-order valence-electron chi connectivity index (χ1n) is 10.1. The van der Waals surface area contributed by atoms with Crippen LogP contribution >= 0.6 is 11.8 Å². The van der Waals surface area contributed by atoms with Gasteiger partial charge < -0.3 is 8.85 Å². The summed E-state index contributed by atoms with van der Waals surface area (Å²) in [6.07, 6.45) is 0.0475. The molecule has 0 heterocycles. The zero-order valence-electron chi connectivity index (χ0n) is 19.7. The van der Waals surface area contributed by atoms with Crippen LogP contribution in [-0.2, 0) is 8.85 Å². The van der Waals surface area contributed by atoms with E-state index in [0.29, 0.717) is 0 Å². The van der Waals surface area contributed by atoms with Crippen LogP contribution < -0.4 is 0 Å². The fourth-order valence-electron chi connectivity index (χ4n) is 2.13. The molecule has 27 heavy (non-hydrogen) atoms. The molecule has 0 N–H and O–H groups in total. The molecule has 0 spiro atoms. The van der Waals surface area contributed by atoms with Crippen LogP contribution in [0.4, 0.5) is 0 Å². The van der Waals surface area contributed by atoms with E-state index in [9.17, 15) is 0 Å². The lowest BCUT2D eigenvalue weighted by Crippen LogP contribution is -2.50. The van der Waals surface area contributed by atoms with Gasteiger partial charge in [-0.2, -0.15) is 0 Å². The van der Waals surface area contributed by atoms with Crippen LogP contribution in [0.2, 0.25) is 36.3 Å². The third-order valence-corrected chi connectivity index (χ3v) is 16.6. The van der Waals surface area contributed by atoms with Gasteiger partial charge in [0.15, 0.2) is 16.6 Å². The molecule has 0 bridgehead atoms. The molecule has 0 radical (unpaired) electrons. The average Bonchev–Trinajstić information content (AvgIpc) is 2.45. The Labute approximate surface area is 175 Å². The van der Waals surface area contributed by atoms with Crippen molar-refractivity contribution >= 4 is 28.4 Å². The van der Waals surface area contributed by atoms with Crippen molar-refractivity contribution in [2.45, 2.75) is 108 Å². The van der Waals surface area contributed by atoms with E-state index in [2.05, 4.69) is 106 Å². The number of rotatable bonds is 7. The zero-order valence-corrected chi connectivity index (χ0v) is 22.5. The van der Waals surface area contributed by atoms with Crippen molar-refractivity contribution in [2.24, 2.45) is 0 Å². The molecule has 1 aromatic carbocycles. The molecule has 0 aliphatic carbocycles. The molecule has 5 heteroatoms. The Morgan fingerprint density at radius 2 is 1.19 bits per heavy atom. The molecular formula is C22H42O2SSi2. The lowest BCUT2D eigenvalue weighted by atomic mass is 10.2. The maximum Gasteiger partial charge on any atom is 0.193 e. The normalized spacial score (nSPS) is 16.3. The second kappa shape index (κ2) is 8.74. The van der Waals surface area contributed by atoms with Gasteiger partial charge in [-0.1, -0.05) is 71.0 Å². The predicted molar refractivity (Wildman–Crippen MR) is 127 cm³/mol. The van der Waals surface area contributed by atoms with E-state index in [0.717, 1.165) is 0 Å². The van der Waals surface area contributed by atoms with Gasteiger partial charge in [0.25, 0.3) is 0 Å². The molecule has 0 unspecified atom stereocenters. The Kier molecular flexibility index (Phi) is 8.08. The second-order valence-electron chi connectivity index (χ2n) is 10.8. The number of hydrogen-bond donors (Lipinski definition) is 0. The molecule has 0 aromatic heterocycles. The Morgan fingerprint density at radius 3 is 1.59 bits per heavy atom. The fourth-order valence-corrected chi connectivity index (χ4v) is 6.48. The third kappa shape index (κ3) is 7.04.